The molecule has 1 aliphatic heterocycles. The molecule has 1 amide bonds. The van der Waals surface area contributed by atoms with E-state index in [0.717, 1.165) is 0 Å². The Labute approximate surface area is 111 Å². The molecule has 1 fully saturated rings. The average Bonchev–Trinajstić information content (AvgIpc) is 2.37. The number of likely N-dealkylation sites (tertiary alicyclic amines) is 1. The van der Waals surface area contributed by atoms with Crippen LogP contribution >= 0.6 is 0 Å². The number of nitrogens with two attached hydrogens (primary N) is 1. The van der Waals surface area contributed by atoms with Gasteiger partial charge in [0.05, 0.1) is 6.10 Å². The van der Waals surface area contributed by atoms with Gasteiger partial charge in [0.25, 0.3) is 5.56 Å². The number of carbonyl (C=O) groups is 1. The van der Waals surface area contributed by atoms with E-state index in [1.807, 2.05) is 6.92 Å². The van der Waals surface area contributed by atoms with Crippen LogP contribution in [0.15, 0.2) is 23.1 Å². The molecule has 0 spiro atoms. The Balaban J connectivity index is 2.05. The summed E-state index contributed by atoms with van der Waals surface area (Å²) in [6.45, 7) is 2.96. The molecule has 0 aromatic carbocycles. The lowest BCUT2D eigenvalue weighted by Crippen LogP contribution is -2.46. The van der Waals surface area contributed by atoms with Crippen molar-refractivity contribution in [3.05, 3.63) is 28.7 Å². The fraction of sp³-hybridized carbons (Fsp3) is 0.538. The Morgan fingerprint density at radius 1 is 1.53 bits per heavy atom. The van der Waals surface area contributed by atoms with Crippen molar-refractivity contribution in [3.63, 3.8) is 0 Å². The summed E-state index contributed by atoms with van der Waals surface area (Å²) in [4.78, 5) is 25.4. The number of aliphatic hydroxyl groups excluding tert-OH is 1. The van der Waals surface area contributed by atoms with Crippen LogP contribution in [0.3, 0.4) is 0 Å². The molecule has 2 heterocycles. The molecule has 3 N–H and O–H groups in total. The van der Waals surface area contributed by atoms with Crippen LogP contribution in [0.5, 0.6) is 0 Å². The third-order valence-corrected chi connectivity index (χ3v) is 3.52. The van der Waals surface area contributed by atoms with Crippen LogP contribution in [0.25, 0.3) is 0 Å². The highest BCUT2D eigenvalue weighted by Gasteiger charge is 2.27. The van der Waals surface area contributed by atoms with E-state index in [1.165, 1.54) is 22.9 Å². The first kappa shape index (κ1) is 13.6. The first-order chi connectivity index (χ1) is 8.97. The Hall–Kier alpha value is -1.82. The Kier molecular flexibility index (Phi) is 3.90. The van der Waals surface area contributed by atoms with Crippen molar-refractivity contribution < 1.29 is 9.90 Å². The molecule has 1 saturated heterocycles. The molecule has 2 rings (SSSR count). The standard InChI is InChI=1S/C13H19N3O3/c1-9-6-15(5-4-11(9)17)13(19)8-16-7-10(14)2-3-12(16)18/h2-3,7,9,11,17H,4-6,8,14H2,1H3. The lowest BCUT2D eigenvalue weighted by Gasteiger charge is -2.34. The molecule has 19 heavy (non-hydrogen) atoms. The molecule has 1 aliphatic rings. The van der Waals surface area contributed by atoms with Crippen molar-refractivity contribution in [1.82, 2.24) is 9.47 Å². The molecule has 0 bridgehead atoms. The third-order valence-electron chi connectivity index (χ3n) is 3.52. The molecule has 1 aromatic heterocycles. The third kappa shape index (κ3) is 3.14. The predicted octanol–water partition coefficient (Wildman–Crippen LogP) is -0.340. The minimum atomic E-state index is -0.348. The quantitative estimate of drug-likeness (QED) is 0.765. The second-order valence-electron chi connectivity index (χ2n) is 5.10. The molecule has 6 nitrogen and oxygen atoms in total. The van der Waals surface area contributed by atoms with Crippen LogP contribution < -0.4 is 11.3 Å². The van der Waals surface area contributed by atoms with Crippen molar-refractivity contribution in [2.75, 3.05) is 18.8 Å². The number of carbonyl (C=O) groups excluding carboxylic acids is 1. The summed E-state index contributed by atoms with van der Waals surface area (Å²) in [6, 6.07) is 2.87. The number of hydrogen-bond acceptors (Lipinski definition) is 4. The van der Waals surface area contributed by atoms with Gasteiger partial charge < -0.3 is 20.3 Å². The lowest BCUT2D eigenvalue weighted by molar-refractivity contribution is -0.135. The Morgan fingerprint density at radius 2 is 2.26 bits per heavy atom. The number of nitrogen functional groups attached to an aromatic ring is 1. The molecule has 2 unspecified atom stereocenters. The number of nitrogens with zero attached hydrogens (tertiary/aromatic N) is 2. The van der Waals surface area contributed by atoms with E-state index in [-0.39, 0.29) is 30.0 Å². The number of amides is 1. The van der Waals surface area contributed by atoms with Crippen LogP contribution in [0.4, 0.5) is 5.69 Å². The fourth-order valence-electron chi connectivity index (χ4n) is 2.28. The number of aromatic nitrogens is 1. The minimum Gasteiger partial charge on any atom is -0.398 e. The molecular weight excluding hydrogens is 246 g/mol. The summed E-state index contributed by atoms with van der Waals surface area (Å²) in [6.07, 6.45) is 1.71. The van der Waals surface area contributed by atoms with E-state index < -0.39 is 0 Å². The second kappa shape index (κ2) is 5.44. The molecule has 6 heteroatoms. The topological polar surface area (TPSA) is 88.6 Å². The van der Waals surface area contributed by atoms with E-state index in [4.69, 9.17) is 5.73 Å². The zero-order valence-electron chi connectivity index (χ0n) is 11.0. The number of rotatable bonds is 2. The first-order valence-corrected chi connectivity index (χ1v) is 6.39. The Morgan fingerprint density at radius 3 is 2.95 bits per heavy atom. The zero-order chi connectivity index (χ0) is 14.0. The molecule has 2 atom stereocenters. The van der Waals surface area contributed by atoms with E-state index in [0.29, 0.717) is 25.2 Å². The average molecular weight is 265 g/mol. The van der Waals surface area contributed by atoms with E-state index in [2.05, 4.69) is 0 Å². The van der Waals surface area contributed by atoms with Gasteiger partial charge in [-0.25, -0.2) is 0 Å². The van der Waals surface area contributed by atoms with Gasteiger partial charge in [0, 0.05) is 31.0 Å². The molecular formula is C13H19N3O3. The van der Waals surface area contributed by atoms with Gasteiger partial charge in [0.15, 0.2) is 0 Å². The SMILES string of the molecule is CC1CN(C(=O)Cn2cc(N)ccc2=O)CCC1O. The van der Waals surface area contributed by atoms with Crippen LogP contribution in [0.1, 0.15) is 13.3 Å². The van der Waals surface area contributed by atoms with Crippen molar-refractivity contribution in [2.24, 2.45) is 5.92 Å². The van der Waals surface area contributed by atoms with Crippen molar-refractivity contribution in [2.45, 2.75) is 26.0 Å². The summed E-state index contributed by atoms with van der Waals surface area (Å²) in [5.74, 6) is -0.0540. The van der Waals surface area contributed by atoms with E-state index >= 15 is 0 Å². The maximum Gasteiger partial charge on any atom is 0.251 e. The first-order valence-electron chi connectivity index (χ1n) is 6.39. The van der Waals surface area contributed by atoms with Crippen molar-refractivity contribution in [1.29, 1.82) is 0 Å². The summed E-state index contributed by atoms with van der Waals surface area (Å²) < 4.78 is 1.31. The molecule has 1 aromatic rings. The van der Waals surface area contributed by atoms with Crippen LogP contribution in [-0.2, 0) is 11.3 Å². The molecule has 0 saturated carbocycles. The number of anilines is 1. The maximum absolute atomic E-state index is 12.1. The largest absolute Gasteiger partial charge is 0.398 e. The van der Waals surface area contributed by atoms with Gasteiger partial charge in [-0.2, -0.15) is 0 Å². The van der Waals surface area contributed by atoms with E-state index in [1.54, 1.807) is 4.90 Å². The Bertz CT molecular complexity index is 526. The summed E-state index contributed by atoms with van der Waals surface area (Å²) in [5.41, 5.74) is 5.81. The van der Waals surface area contributed by atoms with E-state index in [9.17, 15) is 14.7 Å². The van der Waals surface area contributed by atoms with Gasteiger partial charge >= 0.3 is 0 Å². The van der Waals surface area contributed by atoms with Crippen LogP contribution in [0, 0.1) is 5.92 Å². The maximum atomic E-state index is 12.1. The van der Waals surface area contributed by atoms with Crippen molar-refractivity contribution >= 4 is 11.6 Å². The predicted molar refractivity (Wildman–Crippen MR) is 71.5 cm³/mol. The number of piperidine rings is 1. The fourth-order valence-corrected chi connectivity index (χ4v) is 2.28. The monoisotopic (exact) mass is 265 g/mol. The number of aliphatic hydroxyl groups is 1. The second-order valence-corrected chi connectivity index (χ2v) is 5.10. The number of hydrogen-bond donors (Lipinski definition) is 2. The highest BCUT2D eigenvalue weighted by molar-refractivity contribution is 5.76. The molecule has 104 valence electrons. The highest BCUT2D eigenvalue weighted by Crippen LogP contribution is 2.16. The summed E-state index contributed by atoms with van der Waals surface area (Å²) in [5, 5.41) is 9.64. The van der Waals surface area contributed by atoms with Crippen molar-refractivity contribution in [3.8, 4) is 0 Å². The van der Waals surface area contributed by atoms with Gasteiger partial charge in [-0.15, -0.1) is 0 Å². The van der Waals surface area contributed by atoms with Gasteiger partial charge in [0.1, 0.15) is 6.54 Å². The molecule has 0 aliphatic carbocycles. The number of pyridine rings is 1. The zero-order valence-corrected chi connectivity index (χ0v) is 11.0. The smallest absolute Gasteiger partial charge is 0.251 e. The highest BCUT2D eigenvalue weighted by atomic mass is 16.3. The van der Waals surface area contributed by atoms with Crippen LogP contribution in [-0.4, -0.2) is 39.7 Å². The van der Waals surface area contributed by atoms with Gasteiger partial charge in [-0.05, 0) is 18.4 Å². The lowest BCUT2D eigenvalue weighted by atomic mass is 9.97. The summed E-state index contributed by atoms with van der Waals surface area (Å²) >= 11 is 0. The minimum absolute atomic E-state index is 0.00725. The van der Waals surface area contributed by atoms with Gasteiger partial charge in [-0.1, -0.05) is 6.92 Å². The van der Waals surface area contributed by atoms with Gasteiger partial charge in [-0.3, -0.25) is 9.59 Å². The summed E-state index contributed by atoms with van der Waals surface area (Å²) in [7, 11) is 0. The van der Waals surface area contributed by atoms with Crippen LogP contribution in [0.2, 0.25) is 0 Å². The molecule has 0 radical (unpaired) electrons. The normalized spacial score (nSPS) is 23.4. The van der Waals surface area contributed by atoms with Gasteiger partial charge in [0.2, 0.25) is 5.91 Å².